The standard InChI is InChI=1S/C15H20F3N3O5S/c16-15(17,18)27(25,26)12-1-2-13(14(9-12)21(23)24)19-10-11-3-5-20(6-4-11)7-8-22/h1-2,9,11,19,22H,3-8,10H2. The molecular weight excluding hydrogens is 391 g/mol. The van der Waals surface area contributed by atoms with Crippen LogP contribution in [-0.4, -0.2) is 61.6 Å². The number of benzene rings is 1. The molecule has 12 heteroatoms. The second kappa shape index (κ2) is 8.40. The summed E-state index contributed by atoms with van der Waals surface area (Å²) in [6.07, 6.45) is 1.61. The van der Waals surface area contributed by atoms with Crippen molar-refractivity contribution < 1.29 is 31.6 Å². The molecule has 0 bridgehead atoms. The number of nitrogens with zero attached hydrogens (tertiary/aromatic N) is 2. The lowest BCUT2D eigenvalue weighted by molar-refractivity contribution is -0.384. The highest BCUT2D eigenvalue weighted by atomic mass is 32.2. The summed E-state index contributed by atoms with van der Waals surface area (Å²) in [7, 11) is -5.65. The number of sulfone groups is 1. The molecule has 0 unspecified atom stereocenters. The van der Waals surface area contributed by atoms with Gasteiger partial charge in [0, 0.05) is 19.2 Å². The summed E-state index contributed by atoms with van der Waals surface area (Å²) in [5.74, 6) is 0.207. The summed E-state index contributed by atoms with van der Waals surface area (Å²) in [5.41, 5.74) is -6.28. The zero-order chi connectivity index (χ0) is 20.2. The highest BCUT2D eigenvalue weighted by Crippen LogP contribution is 2.35. The smallest absolute Gasteiger partial charge is 0.395 e. The molecular formula is C15H20F3N3O5S. The van der Waals surface area contributed by atoms with E-state index < -0.39 is 30.9 Å². The van der Waals surface area contributed by atoms with Gasteiger partial charge in [-0.3, -0.25) is 10.1 Å². The lowest BCUT2D eigenvalue weighted by Crippen LogP contribution is -2.37. The van der Waals surface area contributed by atoms with E-state index in [-0.39, 0.29) is 18.2 Å². The van der Waals surface area contributed by atoms with E-state index in [9.17, 15) is 31.7 Å². The van der Waals surface area contributed by atoms with E-state index in [1.807, 2.05) is 0 Å². The number of nitrogens with one attached hydrogen (secondary N) is 1. The SMILES string of the molecule is O=[N+]([O-])c1cc(S(=O)(=O)C(F)(F)F)ccc1NCC1CCN(CCO)CC1. The molecule has 0 atom stereocenters. The minimum atomic E-state index is -5.65. The minimum Gasteiger partial charge on any atom is -0.395 e. The van der Waals surface area contributed by atoms with Crippen LogP contribution >= 0.6 is 0 Å². The number of piperidine rings is 1. The lowest BCUT2D eigenvalue weighted by Gasteiger charge is -2.31. The molecule has 1 aliphatic rings. The number of hydrogen-bond donors (Lipinski definition) is 2. The third-order valence-corrected chi connectivity index (χ3v) is 5.97. The first-order chi connectivity index (χ1) is 12.6. The number of halogens is 3. The van der Waals surface area contributed by atoms with Gasteiger partial charge in [-0.25, -0.2) is 8.42 Å². The molecule has 2 N–H and O–H groups in total. The van der Waals surface area contributed by atoms with E-state index in [2.05, 4.69) is 10.2 Å². The van der Waals surface area contributed by atoms with E-state index in [4.69, 9.17) is 5.11 Å². The summed E-state index contributed by atoms with van der Waals surface area (Å²) in [6, 6.07) is 2.12. The topological polar surface area (TPSA) is 113 Å². The largest absolute Gasteiger partial charge is 0.501 e. The van der Waals surface area contributed by atoms with Crippen LogP contribution in [-0.2, 0) is 9.84 Å². The maximum absolute atomic E-state index is 12.6. The fourth-order valence-corrected chi connectivity index (χ4v) is 3.70. The molecule has 0 amide bonds. The number of anilines is 1. The average Bonchev–Trinajstić information content (AvgIpc) is 2.60. The van der Waals surface area contributed by atoms with Crippen LogP contribution < -0.4 is 5.32 Å². The fourth-order valence-electron chi connectivity index (χ4n) is 2.92. The Balaban J connectivity index is 2.11. The van der Waals surface area contributed by atoms with Crippen LogP contribution in [0.2, 0.25) is 0 Å². The average molecular weight is 411 g/mol. The van der Waals surface area contributed by atoms with Gasteiger partial charge in [0.1, 0.15) is 5.69 Å². The van der Waals surface area contributed by atoms with Crippen molar-refractivity contribution in [3.8, 4) is 0 Å². The van der Waals surface area contributed by atoms with Crippen LogP contribution in [0.25, 0.3) is 0 Å². The van der Waals surface area contributed by atoms with Crippen molar-refractivity contribution in [1.82, 2.24) is 4.90 Å². The third-order valence-electron chi connectivity index (χ3n) is 4.49. The normalized spacial score (nSPS) is 17.0. The molecule has 0 saturated carbocycles. The Bertz CT molecular complexity index is 777. The van der Waals surface area contributed by atoms with Crippen molar-refractivity contribution in [3.05, 3.63) is 28.3 Å². The Hall–Kier alpha value is -1.92. The molecule has 1 fully saturated rings. The van der Waals surface area contributed by atoms with Gasteiger partial charge in [0.25, 0.3) is 15.5 Å². The number of aliphatic hydroxyl groups excluding tert-OH is 1. The molecule has 1 heterocycles. The number of aliphatic hydroxyl groups is 1. The maximum Gasteiger partial charge on any atom is 0.501 e. The molecule has 1 aromatic rings. The van der Waals surface area contributed by atoms with Crippen molar-refractivity contribution in [2.24, 2.45) is 5.92 Å². The second-order valence-corrected chi connectivity index (χ2v) is 8.22. The molecule has 1 saturated heterocycles. The van der Waals surface area contributed by atoms with Gasteiger partial charge in [-0.05, 0) is 44.0 Å². The van der Waals surface area contributed by atoms with Crippen molar-refractivity contribution >= 4 is 21.2 Å². The number of β-amino-alcohol motifs (C(OH)–C–C–N with tert-alkyl or cyclic N) is 1. The van der Waals surface area contributed by atoms with Gasteiger partial charge in [-0.15, -0.1) is 0 Å². The Morgan fingerprint density at radius 3 is 2.44 bits per heavy atom. The van der Waals surface area contributed by atoms with Crippen molar-refractivity contribution in [2.45, 2.75) is 23.2 Å². The molecule has 1 aromatic carbocycles. The van der Waals surface area contributed by atoms with Crippen LogP contribution in [0.3, 0.4) is 0 Å². The van der Waals surface area contributed by atoms with E-state index in [0.717, 1.165) is 32.0 Å². The van der Waals surface area contributed by atoms with Gasteiger partial charge in [0.15, 0.2) is 0 Å². The van der Waals surface area contributed by atoms with Gasteiger partial charge >= 0.3 is 5.51 Å². The summed E-state index contributed by atoms with van der Waals surface area (Å²) < 4.78 is 60.8. The van der Waals surface area contributed by atoms with Crippen LogP contribution in [0, 0.1) is 16.0 Å². The first kappa shape index (κ1) is 21.4. The Kier molecular flexibility index (Phi) is 6.65. The lowest BCUT2D eigenvalue weighted by atomic mass is 9.96. The predicted molar refractivity (Wildman–Crippen MR) is 91.1 cm³/mol. The number of alkyl halides is 3. The number of hydrogen-bond acceptors (Lipinski definition) is 7. The Morgan fingerprint density at radius 2 is 1.93 bits per heavy atom. The summed E-state index contributed by atoms with van der Waals surface area (Å²) in [6.45, 7) is 2.58. The van der Waals surface area contributed by atoms with Crippen molar-refractivity contribution in [2.75, 3.05) is 38.1 Å². The molecule has 0 aliphatic carbocycles. The summed E-state index contributed by atoms with van der Waals surface area (Å²) in [5, 5.41) is 22.9. The van der Waals surface area contributed by atoms with Gasteiger partial charge in [-0.2, -0.15) is 13.2 Å². The minimum absolute atomic E-state index is 0.0288. The van der Waals surface area contributed by atoms with Crippen LogP contribution in [0.15, 0.2) is 23.1 Å². The first-order valence-corrected chi connectivity index (χ1v) is 9.71. The monoisotopic (exact) mass is 411 g/mol. The number of likely N-dealkylation sites (tertiary alicyclic amines) is 1. The van der Waals surface area contributed by atoms with Gasteiger partial charge < -0.3 is 15.3 Å². The first-order valence-electron chi connectivity index (χ1n) is 8.23. The molecule has 27 heavy (non-hydrogen) atoms. The molecule has 1 aliphatic heterocycles. The summed E-state index contributed by atoms with van der Waals surface area (Å²) >= 11 is 0. The number of nitro groups is 1. The predicted octanol–water partition coefficient (Wildman–Crippen LogP) is 2.00. The van der Waals surface area contributed by atoms with Crippen LogP contribution in [0.4, 0.5) is 24.5 Å². The Labute approximate surface area is 154 Å². The van der Waals surface area contributed by atoms with E-state index >= 15 is 0 Å². The van der Waals surface area contributed by atoms with Gasteiger partial charge in [-0.1, -0.05) is 0 Å². The molecule has 152 valence electrons. The van der Waals surface area contributed by atoms with E-state index in [0.29, 0.717) is 25.2 Å². The zero-order valence-corrected chi connectivity index (χ0v) is 15.1. The molecule has 0 spiro atoms. The van der Waals surface area contributed by atoms with Crippen molar-refractivity contribution in [1.29, 1.82) is 0 Å². The molecule has 0 aromatic heterocycles. The van der Waals surface area contributed by atoms with E-state index in [1.165, 1.54) is 0 Å². The quantitative estimate of drug-likeness (QED) is 0.521. The maximum atomic E-state index is 12.6. The fraction of sp³-hybridized carbons (Fsp3) is 0.600. The second-order valence-electron chi connectivity index (χ2n) is 6.27. The number of rotatable bonds is 7. The summed E-state index contributed by atoms with van der Waals surface area (Å²) in [4.78, 5) is 11.2. The molecule has 0 radical (unpaired) electrons. The van der Waals surface area contributed by atoms with Crippen LogP contribution in [0.1, 0.15) is 12.8 Å². The number of nitro benzene ring substituents is 1. The highest BCUT2D eigenvalue weighted by Gasteiger charge is 2.47. The molecule has 8 nitrogen and oxygen atoms in total. The van der Waals surface area contributed by atoms with Gasteiger partial charge in [0.2, 0.25) is 0 Å². The zero-order valence-electron chi connectivity index (χ0n) is 14.3. The van der Waals surface area contributed by atoms with Gasteiger partial charge in [0.05, 0.1) is 16.4 Å². The highest BCUT2D eigenvalue weighted by molar-refractivity contribution is 7.92. The Morgan fingerprint density at radius 1 is 1.30 bits per heavy atom. The van der Waals surface area contributed by atoms with Crippen LogP contribution in [0.5, 0.6) is 0 Å². The van der Waals surface area contributed by atoms with Crippen molar-refractivity contribution in [3.63, 3.8) is 0 Å². The van der Waals surface area contributed by atoms with E-state index in [1.54, 1.807) is 0 Å². The molecule has 2 rings (SSSR count). The third kappa shape index (κ3) is 5.08.